The van der Waals surface area contributed by atoms with Crippen molar-refractivity contribution < 1.29 is 27.0 Å². The van der Waals surface area contributed by atoms with Gasteiger partial charge in [0.05, 0.1) is 32.8 Å². The van der Waals surface area contributed by atoms with E-state index in [1.54, 1.807) is 34.9 Å². The van der Waals surface area contributed by atoms with Crippen LogP contribution in [0.15, 0.2) is 41.6 Å². The van der Waals surface area contributed by atoms with E-state index in [4.69, 9.17) is 19.3 Å². The van der Waals surface area contributed by atoms with Crippen LogP contribution in [0.1, 0.15) is 6.42 Å². The summed E-state index contributed by atoms with van der Waals surface area (Å²) in [7, 11) is 0.926. The van der Waals surface area contributed by atoms with Gasteiger partial charge in [0, 0.05) is 11.3 Å². The zero-order valence-corrected chi connectivity index (χ0v) is 19.4. The molecule has 0 saturated carbocycles. The molecule has 0 aliphatic rings. The number of ether oxygens (including phenoxy) is 3. The maximum Gasteiger partial charge on any atom is 0.209 e. The number of sulfonamides is 1. The van der Waals surface area contributed by atoms with Crippen molar-refractivity contribution >= 4 is 21.8 Å². The van der Waals surface area contributed by atoms with E-state index in [2.05, 4.69) is 10.2 Å². The minimum Gasteiger partial charge on any atom is -0.493 e. The van der Waals surface area contributed by atoms with Crippen molar-refractivity contribution in [3.8, 4) is 34.3 Å². The van der Waals surface area contributed by atoms with E-state index in [0.29, 0.717) is 46.0 Å². The Bertz CT molecular complexity index is 1180. The lowest BCUT2D eigenvalue weighted by Crippen LogP contribution is -2.16. The first kappa shape index (κ1) is 23.8. The molecule has 9 nitrogen and oxygen atoms in total. The van der Waals surface area contributed by atoms with Gasteiger partial charge in [-0.25, -0.2) is 17.9 Å². The Morgan fingerprint density at radius 1 is 1.06 bits per heavy atom. The number of nitrogens with two attached hydrogens (primary N) is 1. The molecular formula is C20H23FN4O5S2. The summed E-state index contributed by atoms with van der Waals surface area (Å²) in [6.07, 6.45) is 0.313. The third-order valence-electron chi connectivity index (χ3n) is 4.45. The van der Waals surface area contributed by atoms with Gasteiger partial charge in [0.15, 0.2) is 22.5 Å². The molecule has 12 heteroatoms. The van der Waals surface area contributed by atoms with E-state index in [0.717, 1.165) is 0 Å². The highest BCUT2D eigenvalue weighted by Gasteiger charge is 2.22. The number of benzene rings is 2. The number of primary sulfonamides is 1. The average Bonchev–Trinajstić information content (AvgIpc) is 3.18. The number of hydrogen-bond donors (Lipinski definition) is 1. The first-order valence-electron chi connectivity index (χ1n) is 9.43. The summed E-state index contributed by atoms with van der Waals surface area (Å²) >= 11 is 1.25. The van der Waals surface area contributed by atoms with Gasteiger partial charge < -0.3 is 14.2 Å². The Morgan fingerprint density at radius 3 is 2.28 bits per heavy atom. The van der Waals surface area contributed by atoms with Crippen LogP contribution >= 0.6 is 11.8 Å². The summed E-state index contributed by atoms with van der Waals surface area (Å²) in [4.78, 5) is 0. The van der Waals surface area contributed by atoms with Gasteiger partial charge in [-0.2, -0.15) is 0 Å². The van der Waals surface area contributed by atoms with Crippen molar-refractivity contribution in [1.82, 2.24) is 14.8 Å². The predicted molar refractivity (Wildman–Crippen MR) is 120 cm³/mol. The first-order valence-corrected chi connectivity index (χ1v) is 12.1. The highest BCUT2D eigenvalue weighted by Crippen LogP contribution is 2.41. The number of nitrogens with zero attached hydrogens (tertiary/aromatic N) is 3. The number of methoxy groups -OCH3 is 3. The lowest BCUT2D eigenvalue weighted by molar-refractivity contribution is 0.324. The molecule has 32 heavy (non-hydrogen) atoms. The van der Waals surface area contributed by atoms with Gasteiger partial charge in [0.2, 0.25) is 15.8 Å². The molecule has 1 heterocycles. The van der Waals surface area contributed by atoms with Crippen LogP contribution in [0.2, 0.25) is 0 Å². The number of halogens is 1. The Balaban J connectivity index is 2.09. The smallest absolute Gasteiger partial charge is 0.209 e. The van der Waals surface area contributed by atoms with E-state index in [1.165, 1.54) is 39.2 Å². The maximum absolute atomic E-state index is 14.7. The van der Waals surface area contributed by atoms with Gasteiger partial charge in [-0.15, -0.1) is 10.2 Å². The number of rotatable bonds is 10. The third-order valence-corrected chi connectivity index (χ3v) is 6.33. The summed E-state index contributed by atoms with van der Waals surface area (Å²) in [6, 6.07) is 9.61. The zero-order chi connectivity index (χ0) is 23.3. The van der Waals surface area contributed by atoms with E-state index in [9.17, 15) is 12.8 Å². The van der Waals surface area contributed by atoms with Crippen molar-refractivity contribution in [3.05, 3.63) is 42.2 Å². The fourth-order valence-corrected chi connectivity index (χ4v) is 4.65. The summed E-state index contributed by atoms with van der Waals surface area (Å²) in [5.74, 6) is 1.36. The quantitative estimate of drug-likeness (QED) is 0.346. The van der Waals surface area contributed by atoms with E-state index >= 15 is 0 Å². The lowest BCUT2D eigenvalue weighted by Gasteiger charge is -2.15. The Labute approximate surface area is 189 Å². The normalized spacial score (nSPS) is 11.4. The van der Waals surface area contributed by atoms with Crippen LogP contribution in [0, 0.1) is 5.82 Å². The van der Waals surface area contributed by atoms with Crippen LogP contribution in [-0.2, 0) is 10.0 Å². The molecule has 172 valence electrons. The monoisotopic (exact) mass is 482 g/mol. The summed E-state index contributed by atoms with van der Waals surface area (Å²) in [6.45, 7) is 0. The van der Waals surface area contributed by atoms with Crippen molar-refractivity contribution in [1.29, 1.82) is 0 Å². The van der Waals surface area contributed by atoms with Crippen molar-refractivity contribution in [2.45, 2.75) is 11.6 Å². The van der Waals surface area contributed by atoms with Crippen LogP contribution in [0.5, 0.6) is 17.2 Å². The standard InChI is InChI=1S/C20H23FN4O5S2/c1-28-16-11-13(12-17(29-2)18(16)30-3)19-23-24-20(31-9-6-10-32(22,26)27)25(19)15-8-5-4-7-14(15)21/h4-5,7-8,11-12H,6,9-10H2,1-3H3,(H2,22,26,27). The Hall–Kier alpha value is -2.83. The van der Waals surface area contributed by atoms with Crippen molar-refractivity contribution in [2.24, 2.45) is 5.14 Å². The molecular weight excluding hydrogens is 459 g/mol. The van der Waals surface area contributed by atoms with Crippen LogP contribution in [0.25, 0.3) is 17.1 Å². The molecule has 2 aromatic carbocycles. The summed E-state index contributed by atoms with van der Waals surface area (Å²) in [5.41, 5.74) is 0.807. The second-order valence-corrected chi connectivity index (χ2v) is 9.37. The summed E-state index contributed by atoms with van der Waals surface area (Å²) < 4.78 is 54.9. The molecule has 0 radical (unpaired) electrons. The van der Waals surface area contributed by atoms with E-state index in [1.807, 2.05) is 0 Å². The Kier molecular flexibility index (Phi) is 7.59. The van der Waals surface area contributed by atoms with Gasteiger partial charge in [-0.1, -0.05) is 23.9 Å². The fourth-order valence-electron chi connectivity index (χ4n) is 3.03. The highest BCUT2D eigenvalue weighted by molar-refractivity contribution is 7.99. The highest BCUT2D eigenvalue weighted by atomic mass is 32.2. The zero-order valence-electron chi connectivity index (χ0n) is 17.7. The number of aromatic nitrogens is 3. The molecule has 0 saturated heterocycles. The number of thioether (sulfide) groups is 1. The molecule has 3 rings (SSSR count). The topological polar surface area (TPSA) is 119 Å². The fraction of sp³-hybridized carbons (Fsp3) is 0.300. The maximum atomic E-state index is 14.7. The molecule has 0 atom stereocenters. The number of hydrogen-bond acceptors (Lipinski definition) is 8. The molecule has 0 aliphatic carbocycles. The van der Waals surface area contributed by atoms with Crippen LogP contribution in [-0.4, -0.2) is 56.0 Å². The number of para-hydroxylation sites is 1. The molecule has 0 aliphatic heterocycles. The average molecular weight is 483 g/mol. The second kappa shape index (κ2) is 10.2. The SMILES string of the molecule is COc1cc(-c2nnc(SCCCS(N)(=O)=O)n2-c2ccccc2F)cc(OC)c1OC. The third kappa shape index (κ3) is 5.31. The van der Waals surface area contributed by atoms with E-state index in [-0.39, 0.29) is 11.4 Å². The Morgan fingerprint density at radius 2 is 1.72 bits per heavy atom. The van der Waals surface area contributed by atoms with Crippen molar-refractivity contribution in [2.75, 3.05) is 32.8 Å². The van der Waals surface area contributed by atoms with Crippen molar-refractivity contribution in [3.63, 3.8) is 0 Å². The largest absolute Gasteiger partial charge is 0.493 e. The molecule has 0 spiro atoms. The van der Waals surface area contributed by atoms with Gasteiger partial charge in [0.1, 0.15) is 5.82 Å². The van der Waals surface area contributed by atoms with Gasteiger partial charge in [0.25, 0.3) is 0 Å². The molecule has 2 N–H and O–H groups in total. The van der Waals surface area contributed by atoms with E-state index < -0.39 is 15.8 Å². The molecule has 0 unspecified atom stereocenters. The van der Waals surface area contributed by atoms with Gasteiger partial charge in [-0.3, -0.25) is 4.57 Å². The first-order chi connectivity index (χ1) is 15.3. The van der Waals surface area contributed by atoms with Gasteiger partial charge in [-0.05, 0) is 30.7 Å². The van der Waals surface area contributed by atoms with Crippen LogP contribution in [0.4, 0.5) is 4.39 Å². The molecule has 0 amide bonds. The van der Waals surface area contributed by atoms with Crippen LogP contribution in [0.3, 0.4) is 0 Å². The molecule has 0 bridgehead atoms. The molecule has 1 aromatic heterocycles. The molecule has 3 aromatic rings. The minimum atomic E-state index is -3.56. The van der Waals surface area contributed by atoms with Gasteiger partial charge >= 0.3 is 0 Å². The lowest BCUT2D eigenvalue weighted by atomic mass is 10.1. The minimum absolute atomic E-state index is 0.159. The predicted octanol–water partition coefficient (Wildman–Crippen LogP) is 2.87. The second-order valence-electron chi connectivity index (χ2n) is 6.58. The molecule has 0 fully saturated rings. The van der Waals surface area contributed by atoms with Crippen LogP contribution < -0.4 is 19.3 Å². The summed E-state index contributed by atoms with van der Waals surface area (Å²) in [5, 5.41) is 13.9.